The van der Waals surface area contributed by atoms with Crippen molar-refractivity contribution in [2.24, 2.45) is 11.1 Å². The number of carbonyl (C=O) groups is 1. The van der Waals surface area contributed by atoms with Crippen LogP contribution >= 0.6 is 0 Å². The largest absolute Gasteiger partial charge is 0.378 e. The zero-order valence-corrected chi connectivity index (χ0v) is 13.3. The van der Waals surface area contributed by atoms with Crippen molar-refractivity contribution < 1.29 is 9.53 Å². The van der Waals surface area contributed by atoms with Crippen molar-refractivity contribution in [3.63, 3.8) is 0 Å². The van der Waals surface area contributed by atoms with Gasteiger partial charge in [-0.15, -0.1) is 0 Å². The maximum Gasteiger partial charge on any atom is 0.243 e. The molecule has 0 bridgehead atoms. The fourth-order valence-corrected chi connectivity index (χ4v) is 3.35. The molecule has 2 atom stereocenters. The lowest BCUT2D eigenvalue weighted by atomic mass is 9.54. The molecule has 20 heavy (non-hydrogen) atoms. The van der Waals surface area contributed by atoms with Crippen LogP contribution in [0.2, 0.25) is 0 Å². The minimum Gasteiger partial charge on any atom is -0.378 e. The van der Waals surface area contributed by atoms with E-state index in [4.69, 9.17) is 10.5 Å². The van der Waals surface area contributed by atoms with Gasteiger partial charge in [-0.05, 0) is 13.5 Å². The number of carbonyl (C=O) groups excluding carboxylic acids is 1. The molecule has 2 N–H and O–H groups in total. The summed E-state index contributed by atoms with van der Waals surface area (Å²) in [7, 11) is 0. The third-order valence-corrected chi connectivity index (χ3v) is 5.32. The van der Waals surface area contributed by atoms with Crippen molar-refractivity contribution in [2.75, 3.05) is 39.3 Å². The molecule has 1 heterocycles. The highest BCUT2D eigenvalue weighted by Crippen LogP contribution is 2.50. The molecule has 2 rings (SSSR count). The molecule has 0 aromatic carbocycles. The first kappa shape index (κ1) is 15.7. The van der Waals surface area contributed by atoms with Gasteiger partial charge in [0.15, 0.2) is 0 Å². The van der Waals surface area contributed by atoms with Gasteiger partial charge in [-0.25, -0.2) is 0 Å². The van der Waals surface area contributed by atoms with Crippen LogP contribution in [0, 0.1) is 5.41 Å². The molecule has 0 aromatic heterocycles. The summed E-state index contributed by atoms with van der Waals surface area (Å²) in [5.41, 5.74) is 5.41. The van der Waals surface area contributed by atoms with Gasteiger partial charge in [-0.1, -0.05) is 20.8 Å². The highest BCUT2D eigenvalue weighted by molar-refractivity contribution is 5.89. The van der Waals surface area contributed by atoms with Gasteiger partial charge in [0.1, 0.15) is 5.54 Å². The fourth-order valence-electron chi connectivity index (χ4n) is 3.35. The number of hydrogen-bond donors (Lipinski definition) is 1. The summed E-state index contributed by atoms with van der Waals surface area (Å²) < 4.78 is 5.70. The maximum absolute atomic E-state index is 12.8. The first-order valence-corrected chi connectivity index (χ1v) is 7.79. The van der Waals surface area contributed by atoms with Crippen LogP contribution in [0.5, 0.6) is 0 Å². The fraction of sp³-hybridized carbons (Fsp3) is 0.933. The van der Waals surface area contributed by atoms with Gasteiger partial charge in [0, 0.05) is 44.6 Å². The van der Waals surface area contributed by atoms with Crippen LogP contribution in [-0.4, -0.2) is 66.7 Å². The van der Waals surface area contributed by atoms with Crippen LogP contribution in [0.15, 0.2) is 0 Å². The molecular formula is C15H29N3O2. The second-order valence-electron chi connectivity index (χ2n) is 6.57. The minimum atomic E-state index is -0.763. The second kappa shape index (κ2) is 5.62. The quantitative estimate of drug-likeness (QED) is 0.824. The highest BCUT2D eigenvalue weighted by Gasteiger charge is 2.63. The molecule has 1 aliphatic carbocycles. The Morgan fingerprint density at radius 3 is 2.30 bits per heavy atom. The Morgan fingerprint density at radius 2 is 1.85 bits per heavy atom. The van der Waals surface area contributed by atoms with Crippen LogP contribution in [0.1, 0.15) is 34.1 Å². The van der Waals surface area contributed by atoms with Crippen molar-refractivity contribution in [3.05, 3.63) is 0 Å². The van der Waals surface area contributed by atoms with Gasteiger partial charge >= 0.3 is 0 Å². The van der Waals surface area contributed by atoms with Crippen LogP contribution in [0.4, 0.5) is 0 Å². The van der Waals surface area contributed by atoms with E-state index in [0.717, 1.165) is 32.7 Å². The Bertz CT molecular complexity index is 364. The third-order valence-electron chi connectivity index (χ3n) is 5.32. The summed E-state index contributed by atoms with van der Waals surface area (Å²) in [5, 5.41) is 0. The maximum atomic E-state index is 12.8. The van der Waals surface area contributed by atoms with E-state index in [2.05, 4.69) is 25.7 Å². The van der Waals surface area contributed by atoms with Crippen LogP contribution in [0.25, 0.3) is 0 Å². The van der Waals surface area contributed by atoms with Gasteiger partial charge in [-0.2, -0.15) is 0 Å². The van der Waals surface area contributed by atoms with Gasteiger partial charge in [0.05, 0.1) is 6.10 Å². The molecule has 0 spiro atoms. The van der Waals surface area contributed by atoms with Crippen molar-refractivity contribution in [2.45, 2.75) is 45.8 Å². The van der Waals surface area contributed by atoms with E-state index in [1.165, 1.54) is 0 Å². The monoisotopic (exact) mass is 283 g/mol. The van der Waals surface area contributed by atoms with Gasteiger partial charge in [0.25, 0.3) is 0 Å². The molecule has 0 aromatic rings. The number of hydrogen-bond acceptors (Lipinski definition) is 4. The van der Waals surface area contributed by atoms with Gasteiger partial charge in [0.2, 0.25) is 5.91 Å². The molecule has 1 aliphatic heterocycles. The number of likely N-dealkylation sites (N-methyl/N-ethyl adjacent to an activating group) is 1. The molecule has 1 saturated heterocycles. The van der Waals surface area contributed by atoms with Crippen molar-refractivity contribution in [3.8, 4) is 0 Å². The molecule has 2 aliphatic rings. The summed E-state index contributed by atoms with van der Waals surface area (Å²) in [5.74, 6) is 0.106. The number of amides is 1. The SMILES string of the molecule is CCOC1CC(N)(C(=O)N2CCN(CC)CC2)C1(C)C. The standard InChI is InChI=1S/C15H29N3O2/c1-5-17-7-9-18(10-8-17)13(19)15(16)11-12(20-6-2)14(15,3)4/h12H,5-11,16H2,1-4H3. The number of ether oxygens (including phenoxy) is 1. The van der Waals surface area contributed by atoms with E-state index in [-0.39, 0.29) is 17.4 Å². The summed E-state index contributed by atoms with van der Waals surface area (Å²) >= 11 is 0. The summed E-state index contributed by atoms with van der Waals surface area (Å²) in [6, 6.07) is 0. The van der Waals surface area contributed by atoms with E-state index in [0.29, 0.717) is 13.0 Å². The summed E-state index contributed by atoms with van der Waals surface area (Å²) in [4.78, 5) is 17.1. The highest BCUT2D eigenvalue weighted by atomic mass is 16.5. The number of nitrogens with two attached hydrogens (primary N) is 1. The summed E-state index contributed by atoms with van der Waals surface area (Å²) in [6.07, 6.45) is 0.735. The van der Waals surface area contributed by atoms with Gasteiger partial charge in [-0.3, -0.25) is 4.79 Å². The number of nitrogens with zero attached hydrogens (tertiary/aromatic N) is 2. The molecule has 5 nitrogen and oxygen atoms in total. The van der Waals surface area contributed by atoms with E-state index < -0.39 is 5.54 Å². The molecule has 1 amide bonds. The Morgan fingerprint density at radius 1 is 1.25 bits per heavy atom. The van der Waals surface area contributed by atoms with Crippen LogP contribution in [-0.2, 0) is 9.53 Å². The molecule has 0 radical (unpaired) electrons. The Hall–Kier alpha value is -0.650. The Labute approximate surface area is 122 Å². The van der Waals surface area contributed by atoms with Crippen LogP contribution < -0.4 is 5.73 Å². The number of rotatable bonds is 4. The Kier molecular flexibility index (Phi) is 4.42. The smallest absolute Gasteiger partial charge is 0.243 e. The topological polar surface area (TPSA) is 58.8 Å². The molecular weight excluding hydrogens is 254 g/mol. The lowest BCUT2D eigenvalue weighted by Gasteiger charge is -2.59. The average Bonchev–Trinajstić information content (AvgIpc) is 2.46. The van der Waals surface area contributed by atoms with Crippen LogP contribution in [0.3, 0.4) is 0 Å². The second-order valence-corrected chi connectivity index (χ2v) is 6.57. The summed E-state index contributed by atoms with van der Waals surface area (Å²) in [6.45, 7) is 13.5. The predicted molar refractivity (Wildman–Crippen MR) is 79.4 cm³/mol. The van der Waals surface area contributed by atoms with Crippen molar-refractivity contribution >= 4 is 5.91 Å². The van der Waals surface area contributed by atoms with E-state index in [9.17, 15) is 4.79 Å². The van der Waals surface area contributed by atoms with Crippen molar-refractivity contribution in [1.82, 2.24) is 9.80 Å². The first-order valence-electron chi connectivity index (χ1n) is 7.79. The zero-order valence-electron chi connectivity index (χ0n) is 13.3. The first-order chi connectivity index (χ1) is 9.36. The van der Waals surface area contributed by atoms with Gasteiger partial charge < -0.3 is 20.3 Å². The molecule has 5 heteroatoms. The molecule has 2 fully saturated rings. The molecule has 1 saturated carbocycles. The number of piperazine rings is 1. The van der Waals surface area contributed by atoms with E-state index in [1.54, 1.807) is 0 Å². The molecule has 116 valence electrons. The average molecular weight is 283 g/mol. The normalized spacial score (nSPS) is 33.9. The third kappa shape index (κ3) is 2.36. The van der Waals surface area contributed by atoms with Crippen molar-refractivity contribution in [1.29, 1.82) is 0 Å². The Balaban J connectivity index is 1.99. The lowest BCUT2D eigenvalue weighted by Crippen LogP contribution is -2.76. The van der Waals surface area contributed by atoms with E-state index in [1.807, 2.05) is 11.8 Å². The lowest BCUT2D eigenvalue weighted by molar-refractivity contribution is -0.180. The predicted octanol–water partition coefficient (Wildman–Crippen LogP) is 0.683. The zero-order chi connectivity index (χ0) is 15.0. The molecule has 2 unspecified atom stereocenters. The van der Waals surface area contributed by atoms with E-state index >= 15 is 0 Å². The minimum absolute atomic E-state index is 0.0957.